The van der Waals surface area contributed by atoms with Gasteiger partial charge in [-0.1, -0.05) is 31.2 Å². The number of nitrogens with one attached hydrogen (secondary N) is 1. The summed E-state index contributed by atoms with van der Waals surface area (Å²) in [6, 6.07) is 14.6. The lowest BCUT2D eigenvalue weighted by Gasteiger charge is -2.28. The summed E-state index contributed by atoms with van der Waals surface area (Å²) in [5, 5.41) is 3.03. The lowest BCUT2D eigenvalue weighted by Crippen LogP contribution is -2.37. The smallest absolute Gasteiger partial charge is 0.261 e. The van der Waals surface area contributed by atoms with Crippen LogP contribution < -0.4 is 15.0 Å². The molecule has 4 nitrogen and oxygen atoms in total. The fourth-order valence-corrected chi connectivity index (χ4v) is 3.59. The van der Waals surface area contributed by atoms with Gasteiger partial charge in [0.25, 0.3) is 5.91 Å². The van der Waals surface area contributed by atoms with E-state index in [0.29, 0.717) is 13.0 Å². The standard InChI is InChI=1S/C24H32N2O2/c1-4-22(28-23-16-18(2)8-9-19(23)3)24(27)25-17-20-10-12-21(13-11-20)26-14-6-5-7-15-26/h8-13,16,22H,4-7,14-15,17H2,1-3H3,(H,25,27)/t22-/m0/s1. The molecule has 1 aliphatic rings. The van der Waals surface area contributed by atoms with Gasteiger partial charge in [-0.2, -0.15) is 0 Å². The molecule has 4 heteroatoms. The van der Waals surface area contributed by atoms with E-state index in [1.165, 1.54) is 24.9 Å². The Hall–Kier alpha value is -2.49. The molecular formula is C24H32N2O2. The van der Waals surface area contributed by atoms with Crippen molar-refractivity contribution >= 4 is 11.6 Å². The first-order chi connectivity index (χ1) is 13.6. The van der Waals surface area contributed by atoms with Crippen molar-refractivity contribution in [2.24, 2.45) is 0 Å². The summed E-state index contributed by atoms with van der Waals surface area (Å²) in [5.41, 5.74) is 4.56. The number of piperidine rings is 1. The molecule has 1 atom stereocenters. The van der Waals surface area contributed by atoms with Crippen molar-refractivity contribution in [1.82, 2.24) is 5.32 Å². The third-order valence-electron chi connectivity index (χ3n) is 5.40. The van der Waals surface area contributed by atoms with E-state index in [2.05, 4.69) is 40.5 Å². The minimum Gasteiger partial charge on any atom is -0.480 e. The number of anilines is 1. The van der Waals surface area contributed by atoms with Gasteiger partial charge in [-0.25, -0.2) is 0 Å². The lowest BCUT2D eigenvalue weighted by atomic mass is 10.1. The molecule has 1 fully saturated rings. The van der Waals surface area contributed by atoms with E-state index in [9.17, 15) is 4.79 Å². The molecule has 3 rings (SSSR count). The van der Waals surface area contributed by atoms with Gasteiger partial charge >= 0.3 is 0 Å². The molecule has 1 amide bonds. The second-order valence-electron chi connectivity index (χ2n) is 7.72. The third kappa shape index (κ3) is 5.28. The third-order valence-corrected chi connectivity index (χ3v) is 5.40. The highest BCUT2D eigenvalue weighted by Gasteiger charge is 2.19. The van der Waals surface area contributed by atoms with Gasteiger partial charge in [-0.05, 0) is 74.4 Å². The van der Waals surface area contributed by atoms with E-state index >= 15 is 0 Å². The average molecular weight is 381 g/mol. The van der Waals surface area contributed by atoms with Crippen LogP contribution in [0.25, 0.3) is 0 Å². The zero-order valence-electron chi connectivity index (χ0n) is 17.3. The Morgan fingerprint density at radius 1 is 1.07 bits per heavy atom. The summed E-state index contributed by atoms with van der Waals surface area (Å²) < 4.78 is 6.01. The number of carbonyl (C=O) groups is 1. The molecule has 0 bridgehead atoms. The number of nitrogens with zero attached hydrogens (tertiary/aromatic N) is 1. The largest absolute Gasteiger partial charge is 0.480 e. The number of rotatable bonds is 7. The monoisotopic (exact) mass is 380 g/mol. The second-order valence-corrected chi connectivity index (χ2v) is 7.72. The molecule has 28 heavy (non-hydrogen) atoms. The first-order valence-corrected chi connectivity index (χ1v) is 10.4. The van der Waals surface area contributed by atoms with E-state index in [-0.39, 0.29) is 5.91 Å². The maximum atomic E-state index is 12.6. The van der Waals surface area contributed by atoms with Crippen molar-refractivity contribution in [2.75, 3.05) is 18.0 Å². The van der Waals surface area contributed by atoms with Crippen LogP contribution in [0.5, 0.6) is 5.75 Å². The van der Waals surface area contributed by atoms with Crippen molar-refractivity contribution in [3.63, 3.8) is 0 Å². The summed E-state index contributed by atoms with van der Waals surface area (Å²) in [6.07, 6.45) is 4.04. The van der Waals surface area contributed by atoms with E-state index in [1.807, 2.05) is 32.9 Å². The van der Waals surface area contributed by atoms with Gasteiger partial charge in [0.15, 0.2) is 6.10 Å². The van der Waals surface area contributed by atoms with E-state index in [1.54, 1.807) is 0 Å². The number of ether oxygens (including phenoxy) is 1. The maximum Gasteiger partial charge on any atom is 0.261 e. The fraction of sp³-hybridized carbons (Fsp3) is 0.458. The molecule has 1 aliphatic heterocycles. The Morgan fingerprint density at radius 2 is 1.79 bits per heavy atom. The van der Waals surface area contributed by atoms with Crippen molar-refractivity contribution < 1.29 is 9.53 Å². The predicted molar refractivity (Wildman–Crippen MR) is 115 cm³/mol. The first kappa shape index (κ1) is 20.2. The summed E-state index contributed by atoms with van der Waals surface area (Å²) in [6.45, 7) is 8.81. The zero-order chi connectivity index (χ0) is 19.9. The Bertz CT molecular complexity index is 780. The molecule has 0 unspecified atom stereocenters. The van der Waals surface area contributed by atoms with Crippen molar-refractivity contribution in [1.29, 1.82) is 0 Å². The number of benzene rings is 2. The van der Waals surface area contributed by atoms with Crippen LogP contribution in [-0.4, -0.2) is 25.1 Å². The van der Waals surface area contributed by atoms with Crippen LogP contribution >= 0.6 is 0 Å². The molecule has 0 aromatic heterocycles. The Labute approximate surface area is 168 Å². The average Bonchev–Trinajstić information content (AvgIpc) is 2.73. The van der Waals surface area contributed by atoms with Crippen LogP contribution in [0.2, 0.25) is 0 Å². The highest BCUT2D eigenvalue weighted by Crippen LogP contribution is 2.22. The first-order valence-electron chi connectivity index (χ1n) is 10.4. The normalized spacial score (nSPS) is 15.2. The quantitative estimate of drug-likeness (QED) is 0.752. The molecule has 2 aromatic carbocycles. The highest BCUT2D eigenvalue weighted by molar-refractivity contribution is 5.81. The SMILES string of the molecule is CC[C@H](Oc1cc(C)ccc1C)C(=O)NCc1ccc(N2CCCCC2)cc1. The van der Waals surface area contributed by atoms with Crippen LogP contribution in [-0.2, 0) is 11.3 Å². The molecule has 1 saturated heterocycles. The number of hydrogen-bond acceptors (Lipinski definition) is 3. The molecule has 150 valence electrons. The maximum absolute atomic E-state index is 12.6. The van der Waals surface area contributed by atoms with Crippen molar-refractivity contribution in [2.45, 2.75) is 59.1 Å². The van der Waals surface area contributed by atoms with Gasteiger partial charge in [-0.3, -0.25) is 4.79 Å². The molecule has 0 radical (unpaired) electrons. The molecule has 0 aliphatic carbocycles. The van der Waals surface area contributed by atoms with Gasteiger partial charge < -0.3 is 15.0 Å². The topological polar surface area (TPSA) is 41.6 Å². The fourth-order valence-electron chi connectivity index (χ4n) is 3.59. The van der Waals surface area contributed by atoms with Crippen LogP contribution in [0.15, 0.2) is 42.5 Å². The Morgan fingerprint density at radius 3 is 2.46 bits per heavy atom. The number of amides is 1. The van der Waals surface area contributed by atoms with Gasteiger partial charge in [0.1, 0.15) is 5.75 Å². The van der Waals surface area contributed by atoms with Crippen molar-refractivity contribution in [3.05, 3.63) is 59.2 Å². The summed E-state index contributed by atoms with van der Waals surface area (Å²) in [5.74, 6) is 0.719. The Balaban J connectivity index is 1.55. The lowest BCUT2D eigenvalue weighted by molar-refractivity contribution is -0.128. The summed E-state index contributed by atoms with van der Waals surface area (Å²) in [7, 11) is 0. The Kier molecular flexibility index (Phi) is 6.96. The summed E-state index contributed by atoms with van der Waals surface area (Å²) in [4.78, 5) is 15.1. The van der Waals surface area contributed by atoms with Crippen LogP contribution in [0.3, 0.4) is 0 Å². The van der Waals surface area contributed by atoms with Gasteiger partial charge in [-0.15, -0.1) is 0 Å². The molecule has 1 heterocycles. The summed E-state index contributed by atoms with van der Waals surface area (Å²) >= 11 is 0. The number of aryl methyl sites for hydroxylation is 2. The van der Waals surface area contributed by atoms with E-state index in [4.69, 9.17) is 4.74 Å². The minimum atomic E-state index is -0.479. The second kappa shape index (κ2) is 9.63. The molecular weight excluding hydrogens is 348 g/mol. The number of hydrogen-bond donors (Lipinski definition) is 1. The van der Waals surface area contributed by atoms with E-state index < -0.39 is 6.10 Å². The van der Waals surface area contributed by atoms with Gasteiger partial charge in [0.2, 0.25) is 0 Å². The minimum absolute atomic E-state index is 0.0662. The zero-order valence-corrected chi connectivity index (χ0v) is 17.3. The van der Waals surface area contributed by atoms with Crippen LogP contribution in [0.1, 0.15) is 49.3 Å². The molecule has 0 spiro atoms. The molecule has 1 N–H and O–H groups in total. The highest BCUT2D eigenvalue weighted by atomic mass is 16.5. The van der Waals surface area contributed by atoms with Crippen molar-refractivity contribution in [3.8, 4) is 5.75 Å². The van der Waals surface area contributed by atoms with Crippen LogP contribution in [0.4, 0.5) is 5.69 Å². The predicted octanol–water partition coefficient (Wildman–Crippen LogP) is 4.77. The van der Waals surface area contributed by atoms with Gasteiger partial charge in [0.05, 0.1) is 0 Å². The van der Waals surface area contributed by atoms with Crippen LogP contribution in [0, 0.1) is 13.8 Å². The molecule has 0 saturated carbocycles. The molecule has 2 aromatic rings. The number of carbonyl (C=O) groups excluding carboxylic acids is 1. The van der Waals surface area contributed by atoms with Gasteiger partial charge in [0, 0.05) is 25.3 Å². The van der Waals surface area contributed by atoms with E-state index in [0.717, 1.165) is 35.5 Å².